The van der Waals surface area contributed by atoms with E-state index in [-0.39, 0.29) is 23.2 Å². The molecule has 4 heteroatoms. The van der Waals surface area contributed by atoms with Gasteiger partial charge in [0.05, 0.1) is 26.2 Å². The Morgan fingerprint density at radius 1 is 1.32 bits per heavy atom. The Hall–Kier alpha value is -0.870. The van der Waals surface area contributed by atoms with E-state index in [2.05, 4.69) is 29.8 Å². The van der Waals surface area contributed by atoms with Crippen molar-refractivity contribution < 1.29 is 14.3 Å². The van der Waals surface area contributed by atoms with E-state index in [9.17, 15) is 4.79 Å². The highest BCUT2D eigenvalue weighted by molar-refractivity contribution is 9.10. The maximum absolute atomic E-state index is 11.6. The van der Waals surface area contributed by atoms with E-state index in [0.29, 0.717) is 13.2 Å². The molecule has 0 heterocycles. The highest BCUT2D eigenvalue weighted by Crippen LogP contribution is 2.58. The Balaban J connectivity index is 1.81. The molecular formula is C15H19BrO3. The number of benzene rings is 1. The minimum atomic E-state index is -0.123. The smallest absolute Gasteiger partial charge is 0.309 e. The Morgan fingerprint density at radius 2 is 1.95 bits per heavy atom. The van der Waals surface area contributed by atoms with Crippen molar-refractivity contribution in [2.75, 3.05) is 13.7 Å². The topological polar surface area (TPSA) is 35.5 Å². The Kier molecular flexibility index (Phi) is 4.31. The number of carbonyl (C=O) groups is 1. The number of halogens is 1. The van der Waals surface area contributed by atoms with Crippen LogP contribution in [0, 0.1) is 17.3 Å². The number of ether oxygens (including phenoxy) is 2. The number of hydrogen-bond acceptors (Lipinski definition) is 3. The summed E-state index contributed by atoms with van der Waals surface area (Å²) in [6, 6.07) is 8.05. The van der Waals surface area contributed by atoms with Crippen LogP contribution in [0.1, 0.15) is 19.4 Å². The monoisotopic (exact) mass is 326 g/mol. The highest BCUT2D eigenvalue weighted by Gasteiger charge is 2.62. The number of esters is 1. The third-order valence-electron chi connectivity index (χ3n) is 3.98. The summed E-state index contributed by atoms with van der Waals surface area (Å²) < 4.78 is 11.6. The molecule has 19 heavy (non-hydrogen) atoms. The zero-order chi connectivity index (χ0) is 14.0. The molecule has 0 bridgehead atoms. The predicted molar refractivity (Wildman–Crippen MR) is 76.6 cm³/mol. The van der Waals surface area contributed by atoms with Gasteiger partial charge in [0.1, 0.15) is 0 Å². The quantitative estimate of drug-likeness (QED) is 0.778. The number of methoxy groups -OCH3 is 1. The lowest BCUT2D eigenvalue weighted by Gasteiger charge is -2.05. The molecule has 2 unspecified atom stereocenters. The van der Waals surface area contributed by atoms with Crippen LogP contribution in [-0.4, -0.2) is 19.7 Å². The molecule has 0 aromatic heterocycles. The zero-order valence-corrected chi connectivity index (χ0v) is 13.1. The van der Waals surface area contributed by atoms with E-state index in [1.165, 1.54) is 7.11 Å². The molecular weight excluding hydrogens is 308 g/mol. The minimum absolute atomic E-state index is 0.00713. The van der Waals surface area contributed by atoms with Crippen LogP contribution in [0.2, 0.25) is 0 Å². The third kappa shape index (κ3) is 3.18. The van der Waals surface area contributed by atoms with Crippen molar-refractivity contribution in [3.05, 3.63) is 34.3 Å². The molecule has 1 fully saturated rings. The van der Waals surface area contributed by atoms with Crippen molar-refractivity contribution in [2.45, 2.75) is 20.5 Å². The van der Waals surface area contributed by atoms with Crippen LogP contribution in [0.15, 0.2) is 28.7 Å². The summed E-state index contributed by atoms with van der Waals surface area (Å²) >= 11 is 3.40. The molecule has 0 spiro atoms. The first-order chi connectivity index (χ1) is 8.96. The molecule has 104 valence electrons. The average molecular weight is 327 g/mol. The van der Waals surface area contributed by atoms with E-state index in [0.717, 1.165) is 10.0 Å². The molecule has 0 amide bonds. The van der Waals surface area contributed by atoms with Crippen LogP contribution in [0.25, 0.3) is 0 Å². The Morgan fingerprint density at radius 3 is 2.53 bits per heavy atom. The van der Waals surface area contributed by atoms with Gasteiger partial charge in [-0.15, -0.1) is 0 Å². The highest BCUT2D eigenvalue weighted by atomic mass is 79.9. The van der Waals surface area contributed by atoms with Crippen molar-refractivity contribution >= 4 is 21.9 Å². The van der Waals surface area contributed by atoms with E-state index < -0.39 is 0 Å². The van der Waals surface area contributed by atoms with Crippen LogP contribution < -0.4 is 0 Å². The van der Waals surface area contributed by atoms with Crippen molar-refractivity contribution in [1.82, 2.24) is 0 Å². The van der Waals surface area contributed by atoms with Gasteiger partial charge in [0.25, 0.3) is 0 Å². The molecule has 0 aliphatic heterocycles. The minimum Gasteiger partial charge on any atom is -0.469 e. The predicted octanol–water partition coefficient (Wildman–Crippen LogP) is 3.41. The van der Waals surface area contributed by atoms with Gasteiger partial charge in [-0.25, -0.2) is 0 Å². The Bertz CT molecular complexity index is 453. The van der Waals surface area contributed by atoms with Gasteiger partial charge in [-0.2, -0.15) is 0 Å². The molecule has 3 nitrogen and oxygen atoms in total. The summed E-state index contributed by atoms with van der Waals surface area (Å²) in [6.45, 7) is 5.35. The lowest BCUT2D eigenvalue weighted by atomic mass is 10.1. The number of rotatable bonds is 5. The second-order valence-corrected chi connectivity index (χ2v) is 6.49. The van der Waals surface area contributed by atoms with Crippen LogP contribution in [0.3, 0.4) is 0 Å². The molecule has 1 aliphatic rings. The van der Waals surface area contributed by atoms with Crippen molar-refractivity contribution in [1.29, 1.82) is 0 Å². The normalized spacial score (nSPS) is 24.0. The van der Waals surface area contributed by atoms with Crippen molar-refractivity contribution in [3.63, 3.8) is 0 Å². The second kappa shape index (κ2) is 5.63. The molecule has 1 aromatic carbocycles. The maximum Gasteiger partial charge on any atom is 0.309 e. The largest absolute Gasteiger partial charge is 0.469 e. The standard InChI is InChI=1S/C15H19BrO3/c1-15(2)12(13(15)14(17)18-3)9-19-8-10-4-6-11(16)7-5-10/h4-7,12-13H,8-9H2,1-3H3. The van der Waals surface area contributed by atoms with Crippen LogP contribution >= 0.6 is 15.9 Å². The first-order valence-electron chi connectivity index (χ1n) is 6.37. The van der Waals surface area contributed by atoms with Crippen LogP contribution in [0.5, 0.6) is 0 Å². The van der Waals surface area contributed by atoms with Crippen LogP contribution in [-0.2, 0) is 20.9 Å². The molecule has 0 saturated heterocycles. The van der Waals surface area contributed by atoms with Gasteiger partial charge in [-0.05, 0) is 23.1 Å². The van der Waals surface area contributed by atoms with Gasteiger partial charge in [-0.1, -0.05) is 41.9 Å². The lowest BCUT2D eigenvalue weighted by molar-refractivity contribution is -0.143. The lowest BCUT2D eigenvalue weighted by Crippen LogP contribution is -2.08. The summed E-state index contributed by atoms with van der Waals surface area (Å²) in [6.07, 6.45) is 0. The van der Waals surface area contributed by atoms with Crippen molar-refractivity contribution in [3.8, 4) is 0 Å². The van der Waals surface area contributed by atoms with E-state index in [4.69, 9.17) is 9.47 Å². The summed E-state index contributed by atoms with van der Waals surface area (Å²) in [5, 5.41) is 0. The van der Waals surface area contributed by atoms with Crippen molar-refractivity contribution in [2.24, 2.45) is 17.3 Å². The van der Waals surface area contributed by atoms with Gasteiger partial charge < -0.3 is 9.47 Å². The Labute approximate surface area is 122 Å². The summed E-state index contributed by atoms with van der Waals surface area (Å²) in [5.74, 6) is 0.111. The summed E-state index contributed by atoms with van der Waals surface area (Å²) in [5.41, 5.74) is 1.13. The summed E-state index contributed by atoms with van der Waals surface area (Å²) in [4.78, 5) is 11.6. The first kappa shape index (κ1) is 14.5. The number of hydrogen-bond donors (Lipinski definition) is 0. The average Bonchev–Trinajstić information content (AvgIpc) is 2.93. The van der Waals surface area contributed by atoms with E-state index in [1.807, 2.05) is 24.3 Å². The van der Waals surface area contributed by atoms with Gasteiger partial charge in [0.2, 0.25) is 0 Å². The second-order valence-electron chi connectivity index (χ2n) is 5.57. The molecule has 1 aromatic rings. The molecule has 0 radical (unpaired) electrons. The van der Waals surface area contributed by atoms with Gasteiger partial charge in [0, 0.05) is 10.4 Å². The maximum atomic E-state index is 11.6. The molecule has 0 N–H and O–H groups in total. The fourth-order valence-corrected chi connectivity index (χ4v) is 2.80. The number of carbonyl (C=O) groups excluding carboxylic acids is 1. The van der Waals surface area contributed by atoms with Gasteiger partial charge in [-0.3, -0.25) is 4.79 Å². The fourth-order valence-electron chi connectivity index (χ4n) is 2.53. The summed E-state index contributed by atoms with van der Waals surface area (Å²) in [7, 11) is 1.44. The van der Waals surface area contributed by atoms with Gasteiger partial charge >= 0.3 is 5.97 Å². The van der Waals surface area contributed by atoms with E-state index >= 15 is 0 Å². The molecule has 2 rings (SSSR count). The SMILES string of the molecule is COC(=O)C1C(COCc2ccc(Br)cc2)C1(C)C. The third-order valence-corrected chi connectivity index (χ3v) is 4.51. The molecule has 1 saturated carbocycles. The molecule has 1 aliphatic carbocycles. The fraction of sp³-hybridized carbons (Fsp3) is 0.533. The zero-order valence-electron chi connectivity index (χ0n) is 11.5. The first-order valence-corrected chi connectivity index (χ1v) is 7.16. The van der Waals surface area contributed by atoms with E-state index in [1.54, 1.807) is 0 Å². The van der Waals surface area contributed by atoms with Crippen LogP contribution in [0.4, 0.5) is 0 Å². The molecule has 2 atom stereocenters. The van der Waals surface area contributed by atoms with Gasteiger partial charge in [0.15, 0.2) is 0 Å².